The van der Waals surface area contributed by atoms with Crippen LogP contribution in [0.1, 0.15) is 25.7 Å². The second kappa shape index (κ2) is 3.58. The number of hydrogen-bond donors (Lipinski definition) is 1. The monoisotopic (exact) mass is 279 g/mol. The van der Waals surface area contributed by atoms with E-state index in [1.54, 1.807) is 6.20 Å². The molecule has 4 rings (SSSR count). The van der Waals surface area contributed by atoms with Crippen LogP contribution in [-0.4, -0.2) is 14.5 Å². The largest absolute Gasteiger partial charge is 0.329 e. The first-order valence-electron chi connectivity index (χ1n) is 6.42. The number of hydrogen-bond acceptors (Lipinski definition) is 2. The number of H-pyrrole nitrogens is 1. The Kier molecular flexibility index (Phi) is 2.19. The quantitative estimate of drug-likeness (QED) is 0.864. The van der Waals surface area contributed by atoms with Crippen LogP contribution in [0.4, 0.5) is 0 Å². The first-order chi connectivity index (χ1) is 8.68. The van der Waals surface area contributed by atoms with E-state index in [1.165, 1.54) is 25.7 Å². The molecule has 2 aromatic heterocycles. The van der Waals surface area contributed by atoms with Gasteiger partial charge in [-0.1, -0.05) is 11.6 Å². The Morgan fingerprint density at radius 3 is 2.94 bits per heavy atom. The minimum atomic E-state index is 0.522. The van der Waals surface area contributed by atoms with E-state index in [2.05, 4.69) is 14.5 Å². The maximum Gasteiger partial charge on any atom is 0.179 e. The van der Waals surface area contributed by atoms with Gasteiger partial charge in [-0.05, 0) is 55.3 Å². The third kappa shape index (κ3) is 1.62. The van der Waals surface area contributed by atoms with Crippen molar-refractivity contribution in [2.24, 2.45) is 11.3 Å². The summed E-state index contributed by atoms with van der Waals surface area (Å²) in [5.41, 5.74) is 2.41. The average Bonchev–Trinajstić information content (AvgIpc) is 3.20. The summed E-state index contributed by atoms with van der Waals surface area (Å²) in [5.74, 6) is 0.927. The molecular formula is C13H14ClN3S. The maximum absolute atomic E-state index is 5.96. The molecule has 2 saturated carbocycles. The van der Waals surface area contributed by atoms with Gasteiger partial charge in [0, 0.05) is 12.7 Å². The summed E-state index contributed by atoms with van der Waals surface area (Å²) >= 11 is 11.4. The lowest BCUT2D eigenvalue weighted by molar-refractivity contribution is 0.372. The summed E-state index contributed by atoms with van der Waals surface area (Å²) in [7, 11) is 0. The van der Waals surface area contributed by atoms with Gasteiger partial charge in [-0.25, -0.2) is 4.98 Å². The summed E-state index contributed by atoms with van der Waals surface area (Å²) < 4.78 is 2.93. The van der Waals surface area contributed by atoms with Crippen LogP contribution < -0.4 is 0 Å². The predicted octanol–water partition coefficient (Wildman–Crippen LogP) is 3.94. The third-order valence-corrected chi connectivity index (χ3v) is 4.91. The normalized spacial score (nSPS) is 21.4. The van der Waals surface area contributed by atoms with Crippen molar-refractivity contribution in [1.82, 2.24) is 14.5 Å². The van der Waals surface area contributed by atoms with E-state index in [-0.39, 0.29) is 0 Å². The number of aromatic nitrogens is 3. The molecule has 0 spiro atoms. The maximum atomic E-state index is 5.96. The second-order valence-electron chi connectivity index (χ2n) is 5.68. The minimum absolute atomic E-state index is 0.522. The summed E-state index contributed by atoms with van der Waals surface area (Å²) in [6.07, 6.45) is 7.18. The van der Waals surface area contributed by atoms with E-state index in [0.29, 0.717) is 10.4 Å². The Labute approximate surface area is 115 Å². The van der Waals surface area contributed by atoms with E-state index in [4.69, 9.17) is 23.8 Å². The summed E-state index contributed by atoms with van der Waals surface area (Å²) in [6, 6.07) is 1.90. The topological polar surface area (TPSA) is 33.6 Å². The zero-order valence-corrected chi connectivity index (χ0v) is 11.5. The molecule has 2 heterocycles. The number of rotatable bonds is 3. The van der Waals surface area contributed by atoms with Crippen molar-refractivity contribution in [3.63, 3.8) is 0 Å². The molecule has 1 N–H and O–H groups in total. The fourth-order valence-electron chi connectivity index (χ4n) is 3.03. The standard InChI is InChI=1S/C13H14ClN3S/c14-9-5-10-11(15-6-9)17(12(18)16-10)7-13(3-4-13)8-1-2-8/h5-6,8H,1-4,7H2,(H,16,18). The van der Waals surface area contributed by atoms with Crippen LogP contribution in [0.2, 0.25) is 5.02 Å². The van der Waals surface area contributed by atoms with Crippen LogP contribution in [-0.2, 0) is 6.54 Å². The molecule has 0 radical (unpaired) electrons. The van der Waals surface area contributed by atoms with Crippen molar-refractivity contribution >= 4 is 35.0 Å². The lowest BCUT2D eigenvalue weighted by atomic mass is 10.0. The Bertz CT molecular complexity index is 679. The molecule has 0 amide bonds. The van der Waals surface area contributed by atoms with E-state index in [9.17, 15) is 0 Å². The fourth-order valence-corrected chi connectivity index (χ4v) is 3.45. The van der Waals surface area contributed by atoms with Gasteiger partial charge in [-0.2, -0.15) is 0 Å². The lowest BCUT2D eigenvalue weighted by Crippen LogP contribution is -2.14. The number of halogens is 1. The number of imidazole rings is 1. The Balaban J connectivity index is 1.80. The zero-order chi connectivity index (χ0) is 12.3. The van der Waals surface area contributed by atoms with Crippen molar-refractivity contribution in [3.8, 4) is 0 Å². The molecule has 2 aliphatic carbocycles. The van der Waals surface area contributed by atoms with Gasteiger partial charge in [-0.3, -0.25) is 0 Å². The Morgan fingerprint density at radius 1 is 1.50 bits per heavy atom. The van der Waals surface area contributed by atoms with Crippen LogP contribution >= 0.6 is 23.8 Å². The number of nitrogens with zero attached hydrogens (tertiary/aromatic N) is 2. The highest BCUT2D eigenvalue weighted by Gasteiger charge is 2.53. The second-order valence-corrected chi connectivity index (χ2v) is 6.50. The molecule has 0 unspecified atom stereocenters. The molecule has 2 fully saturated rings. The smallest absolute Gasteiger partial charge is 0.179 e. The zero-order valence-electron chi connectivity index (χ0n) is 9.95. The fraction of sp³-hybridized carbons (Fsp3) is 0.538. The first-order valence-corrected chi connectivity index (χ1v) is 7.21. The first kappa shape index (κ1) is 11.0. The third-order valence-electron chi connectivity index (χ3n) is 4.38. The van der Waals surface area contributed by atoms with Crippen LogP contribution in [0.25, 0.3) is 11.2 Å². The molecule has 5 heteroatoms. The van der Waals surface area contributed by atoms with E-state index < -0.39 is 0 Å². The molecule has 3 nitrogen and oxygen atoms in total. The van der Waals surface area contributed by atoms with Crippen molar-refractivity contribution in [2.75, 3.05) is 0 Å². The molecule has 0 aliphatic heterocycles. The van der Waals surface area contributed by atoms with Gasteiger partial charge in [-0.15, -0.1) is 0 Å². The van der Waals surface area contributed by atoms with Gasteiger partial charge >= 0.3 is 0 Å². The van der Waals surface area contributed by atoms with Crippen LogP contribution in [0.15, 0.2) is 12.3 Å². The van der Waals surface area contributed by atoms with E-state index >= 15 is 0 Å². The Hall–Kier alpha value is -0.870. The average molecular weight is 280 g/mol. The highest BCUT2D eigenvalue weighted by Crippen LogP contribution is 2.62. The molecule has 0 bridgehead atoms. The van der Waals surface area contributed by atoms with Gasteiger partial charge in [0.15, 0.2) is 10.4 Å². The van der Waals surface area contributed by atoms with Crippen LogP contribution in [0.3, 0.4) is 0 Å². The number of fused-ring (bicyclic) bond motifs is 1. The Morgan fingerprint density at radius 2 is 2.28 bits per heavy atom. The number of nitrogens with one attached hydrogen (secondary N) is 1. The highest BCUT2D eigenvalue weighted by atomic mass is 35.5. The van der Waals surface area contributed by atoms with Crippen molar-refractivity contribution < 1.29 is 0 Å². The molecule has 18 heavy (non-hydrogen) atoms. The van der Waals surface area contributed by atoms with E-state index in [0.717, 1.165) is 28.4 Å². The van der Waals surface area contributed by atoms with Crippen molar-refractivity contribution in [3.05, 3.63) is 22.1 Å². The predicted molar refractivity (Wildman–Crippen MR) is 74.3 cm³/mol. The molecule has 0 aromatic carbocycles. The molecule has 2 aromatic rings. The van der Waals surface area contributed by atoms with Crippen LogP contribution in [0.5, 0.6) is 0 Å². The van der Waals surface area contributed by atoms with Gasteiger partial charge in [0.25, 0.3) is 0 Å². The molecular weight excluding hydrogens is 266 g/mol. The molecule has 0 atom stereocenters. The highest BCUT2D eigenvalue weighted by molar-refractivity contribution is 7.71. The lowest BCUT2D eigenvalue weighted by Gasteiger charge is -2.14. The van der Waals surface area contributed by atoms with Gasteiger partial charge < -0.3 is 9.55 Å². The molecule has 2 aliphatic rings. The van der Waals surface area contributed by atoms with E-state index in [1.807, 2.05) is 6.07 Å². The number of pyridine rings is 1. The van der Waals surface area contributed by atoms with Crippen molar-refractivity contribution in [2.45, 2.75) is 32.2 Å². The van der Waals surface area contributed by atoms with Gasteiger partial charge in [0.2, 0.25) is 0 Å². The minimum Gasteiger partial charge on any atom is -0.329 e. The summed E-state index contributed by atoms with van der Waals surface area (Å²) in [4.78, 5) is 7.63. The number of aromatic amines is 1. The molecule has 94 valence electrons. The SMILES string of the molecule is S=c1[nH]c2cc(Cl)cnc2n1CC1(C2CC2)CC1. The van der Waals surface area contributed by atoms with Crippen molar-refractivity contribution in [1.29, 1.82) is 0 Å². The van der Waals surface area contributed by atoms with Gasteiger partial charge in [0.05, 0.1) is 10.5 Å². The summed E-state index contributed by atoms with van der Waals surface area (Å²) in [6.45, 7) is 1.02. The van der Waals surface area contributed by atoms with Crippen LogP contribution in [0, 0.1) is 16.1 Å². The van der Waals surface area contributed by atoms with Gasteiger partial charge in [0.1, 0.15) is 0 Å². The molecule has 0 saturated heterocycles. The summed E-state index contributed by atoms with van der Waals surface area (Å²) in [5, 5.41) is 0.647.